The molecule has 5 rings (SSSR count). The van der Waals surface area contributed by atoms with Crippen LogP contribution < -0.4 is 4.90 Å². The summed E-state index contributed by atoms with van der Waals surface area (Å²) in [5.41, 5.74) is 7.91. The summed E-state index contributed by atoms with van der Waals surface area (Å²) in [6.45, 7) is 0.598. The van der Waals surface area contributed by atoms with Gasteiger partial charge in [-0.2, -0.15) is 0 Å². The van der Waals surface area contributed by atoms with Crippen molar-refractivity contribution in [3.8, 4) is 11.1 Å². The van der Waals surface area contributed by atoms with Crippen molar-refractivity contribution in [2.75, 3.05) is 19.0 Å². The Balaban J connectivity index is 1.38. The zero-order chi connectivity index (χ0) is 27.1. The Morgan fingerprint density at radius 1 is 0.769 bits per heavy atom. The molecule has 1 heterocycles. The van der Waals surface area contributed by atoms with Crippen LogP contribution in [0, 0.1) is 0 Å². The lowest BCUT2D eigenvalue weighted by molar-refractivity contribution is -0.127. The van der Waals surface area contributed by atoms with Crippen LogP contribution in [0.1, 0.15) is 54.4 Å². The first-order valence-electron chi connectivity index (χ1n) is 13.8. The number of nitrogens with zero attached hydrogens (tertiary/aromatic N) is 3. The van der Waals surface area contributed by atoms with Crippen LogP contribution in [0.25, 0.3) is 23.3 Å². The summed E-state index contributed by atoms with van der Waals surface area (Å²) >= 11 is 0. The Morgan fingerprint density at radius 2 is 1.41 bits per heavy atom. The molecule has 3 aromatic carbocycles. The van der Waals surface area contributed by atoms with Crippen molar-refractivity contribution >= 4 is 24.2 Å². The molecule has 0 bridgehead atoms. The maximum atomic E-state index is 12.7. The molecule has 0 atom stereocenters. The van der Waals surface area contributed by atoms with Crippen molar-refractivity contribution < 1.29 is 4.79 Å². The molecule has 1 aliphatic carbocycles. The molecule has 1 fully saturated rings. The number of benzene rings is 3. The van der Waals surface area contributed by atoms with Gasteiger partial charge in [-0.05, 0) is 76.6 Å². The molecule has 4 heteroatoms. The fraction of sp³-hybridized carbons (Fsp3) is 0.257. The molecule has 1 amide bonds. The molecule has 1 aliphatic rings. The van der Waals surface area contributed by atoms with Gasteiger partial charge in [0.25, 0.3) is 0 Å². The summed E-state index contributed by atoms with van der Waals surface area (Å²) in [4.78, 5) is 20.9. The fourth-order valence-corrected chi connectivity index (χ4v) is 5.72. The van der Waals surface area contributed by atoms with Gasteiger partial charge in [0.05, 0.1) is 5.54 Å². The molecule has 0 saturated heterocycles. The van der Waals surface area contributed by atoms with E-state index in [1.165, 1.54) is 28.8 Å². The highest BCUT2D eigenvalue weighted by atomic mass is 16.1. The minimum atomic E-state index is -0.290. The van der Waals surface area contributed by atoms with E-state index in [1.54, 1.807) is 0 Å². The molecule has 0 spiro atoms. The Morgan fingerprint density at radius 3 is 2.05 bits per heavy atom. The van der Waals surface area contributed by atoms with E-state index in [9.17, 15) is 4.79 Å². The summed E-state index contributed by atoms with van der Waals surface area (Å²) in [5, 5.41) is 0. The molecular formula is C35H37N3O. The van der Waals surface area contributed by atoms with Gasteiger partial charge in [-0.1, -0.05) is 86.0 Å². The highest BCUT2D eigenvalue weighted by Crippen LogP contribution is 2.43. The third-order valence-electron chi connectivity index (χ3n) is 7.98. The van der Waals surface area contributed by atoms with Crippen LogP contribution in [0.3, 0.4) is 0 Å². The molecule has 4 nitrogen and oxygen atoms in total. The highest BCUT2D eigenvalue weighted by molar-refractivity contribution is 5.70. The van der Waals surface area contributed by atoms with E-state index in [4.69, 9.17) is 0 Å². The van der Waals surface area contributed by atoms with Crippen LogP contribution in [0.15, 0.2) is 97.3 Å². The molecular weight excluding hydrogens is 478 g/mol. The molecule has 0 N–H and O–H groups in total. The van der Waals surface area contributed by atoms with Gasteiger partial charge in [0, 0.05) is 38.7 Å². The van der Waals surface area contributed by atoms with Crippen molar-refractivity contribution in [1.82, 2.24) is 9.88 Å². The minimum absolute atomic E-state index is 0.290. The zero-order valence-corrected chi connectivity index (χ0v) is 23.0. The number of hydrogen-bond acceptors (Lipinski definition) is 3. The molecule has 0 unspecified atom stereocenters. The fourth-order valence-electron chi connectivity index (χ4n) is 5.72. The Kier molecular flexibility index (Phi) is 8.21. The lowest BCUT2D eigenvalue weighted by Crippen LogP contribution is -2.46. The molecule has 1 saturated carbocycles. The molecule has 198 valence electrons. The van der Waals surface area contributed by atoms with Crippen LogP contribution in [0.5, 0.6) is 0 Å². The second-order valence-corrected chi connectivity index (χ2v) is 10.7. The van der Waals surface area contributed by atoms with Gasteiger partial charge in [-0.25, -0.2) is 0 Å². The monoisotopic (exact) mass is 515 g/mol. The van der Waals surface area contributed by atoms with Gasteiger partial charge in [0.1, 0.15) is 0 Å². The van der Waals surface area contributed by atoms with Crippen LogP contribution in [0.4, 0.5) is 5.69 Å². The van der Waals surface area contributed by atoms with Gasteiger partial charge < -0.3 is 9.80 Å². The summed E-state index contributed by atoms with van der Waals surface area (Å²) in [5.74, 6) is 0. The van der Waals surface area contributed by atoms with E-state index < -0.39 is 0 Å². The zero-order valence-electron chi connectivity index (χ0n) is 23.0. The lowest BCUT2D eigenvalue weighted by atomic mass is 9.75. The van der Waals surface area contributed by atoms with Crippen molar-refractivity contribution in [1.29, 1.82) is 0 Å². The van der Waals surface area contributed by atoms with E-state index in [2.05, 4.69) is 114 Å². The Labute approximate surface area is 232 Å². The molecule has 39 heavy (non-hydrogen) atoms. The number of amides is 1. The number of carbonyl (C=O) groups excluding carboxylic acids is 1. The van der Waals surface area contributed by atoms with Gasteiger partial charge in [-0.15, -0.1) is 0 Å². The van der Waals surface area contributed by atoms with E-state index >= 15 is 0 Å². The average molecular weight is 516 g/mol. The van der Waals surface area contributed by atoms with Gasteiger partial charge in [-0.3, -0.25) is 9.78 Å². The summed E-state index contributed by atoms with van der Waals surface area (Å²) in [7, 11) is 4.11. The van der Waals surface area contributed by atoms with E-state index in [0.717, 1.165) is 48.8 Å². The topological polar surface area (TPSA) is 36.4 Å². The largest absolute Gasteiger partial charge is 0.378 e. The van der Waals surface area contributed by atoms with Crippen LogP contribution in [-0.4, -0.2) is 30.4 Å². The summed E-state index contributed by atoms with van der Waals surface area (Å²) in [6, 6.07) is 30.0. The van der Waals surface area contributed by atoms with Crippen molar-refractivity contribution in [3.05, 3.63) is 120 Å². The number of anilines is 1. The van der Waals surface area contributed by atoms with E-state index in [1.807, 2.05) is 24.5 Å². The second kappa shape index (κ2) is 12.1. The molecule has 1 aromatic heterocycles. The molecule has 0 radical (unpaired) electrons. The van der Waals surface area contributed by atoms with Crippen molar-refractivity contribution in [3.63, 3.8) is 0 Å². The maximum absolute atomic E-state index is 12.7. The van der Waals surface area contributed by atoms with Crippen molar-refractivity contribution in [2.45, 2.75) is 44.2 Å². The van der Waals surface area contributed by atoms with E-state index in [-0.39, 0.29) is 5.54 Å². The first-order valence-corrected chi connectivity index (χ1v) is 13.8. The smallest absolute Gasteiger partial charge is 0.210 e. The van der Waals surface area contributed by atoms with Gasteiger partial charge >= 0.3 is 0 Å². The SMILES string of the molecule is CN(C)c1ccc(-c2ccc(CN(C=O)C3(c4cccc(/C=C/c5ccncc5)c4)CCCCC3)cc2)cc1. The third-order valence-corrected chi connectivity index (χ3v) is 7.98. The van der Waals surface area contributed by atoms with Crippen LogP contribution >= 0.6 is 0 Å². The summed E-state index contributed by atoms with van der Waals surface area (Å²) in [6.07, 6.45) is 14.4. The molecule has 4 aromatic rings. The number of aromatic nitrogens is 1. The van der Waals surface area contributed by atoms with E-state index in [0.29, 0.717) is 6.54 Å². The maximum Gasteiger partial charge on any atom is 0.210 e. The average Bonchev–Trinajstić information content (AvgIpc) is 3.00. The molecule has 0 aliphatic heterocycles. The first-order chi connectivity index (χ1) is 19.1. The van der Waals surface area contributed by atoms with Crippen LogP contribution in [-0.2, 0) is 16.9 Å². The third kappa shape index (κ3) is 6.12. The minimum Gasteiger partial charge on any atom is -0.378 e. The predicted molar refractivity (Wildman–Crippen MR) is 162 cm³/mol. The first kappa shape index (κ1) is 26.4. The highest BCUT2D eigenvalue weighted by Gasteiger charge is 2.39. The van der Waals surface area contributed by atoms with Gasteiger partial charge in [0.2, 0.25) is 6.41 Å². The second-order valence-electron chi connectivity index (χ2n) is 10.7. The standard InChI is InChI=1S/C35H37N3O/c1-37(2)34-17-15-32(16-18-34)31-13-11-30(12-14-31)26-38(27-39)35(21-4-3-5-22-35)33-8-6-7-29(25-33)10-9-28-19-23-36-24-20-28/h6-20,23-25,27H,3-5,21-22,26H2,1-2H3/b10-9+. The number of rotatable bonds is 9. The number of carbonyl (C=O) groups is 1. The normalized spacial score (nSPS) is 14.7. The summed E-state index contributed by atoms with van der Waals surface area (Å²) < 4.78 is 0. The number of pyridine rings is 1. The van der Waals surface area contributed by atoms with Crippen molar-refractivity contribution in [2.24, 2.45) is 0 Å². The Hall–Kier alpha value is -4.18. The predicted octanol–water partition coefficient (Wildman–Crippen LogP) is 7.80. The van der Waals surface area contributed by atoms with Crippen LogP contribution in [0.2, 0.25) is 0 Å². The Bertz CT molecular complexity index is 1390. The number of hydrogen-bond donors (Lipinski definition) is 0. The van der Waals surface area contributed by atoms with Gasteiger partial charge in [0.15, 0.2) is 0 Å². The lowest BCUT2D eigenvalue weighted by Gasteiger charge is -2.45. The quantitative estimate of drug-likeness (QED) is 0.213.